The lowest BCUT2D eigenvalue weighted by molar-refractivity contribution is -0.140. The van der Waals surface area contributed by atoms with Gasteiger partial charge in [0.25, 0.3) is 17.7 Å². The van der Waals surface area contributed by atoms with Crippen molar-refractivity contribution in [3.8, 4) is 0 Å². The van der Waals surface area contributed by atoms with Crippen LogP contribution < -0.4 is 10.6 Å². The number of amides is 3. The molecule has 0 aromatic heterocycles. The van der Waals surface area contributed by atoms with Gasteiger partial charge in [0.05, 0.1) is 0 Å². The number of hydrogen-bond acceptors (Lipinski definition) is 4. The molecule has 33 heavy (non-hydrogen) atoms. The van der Waals surface area contributed by atoms with E-state index in [1.54, 1.807) is 12.1 Å². The minimum Gasteiger partial charge on any atom is -0.375 e. The van der Waals surface area contributed by atoms with Crippen molar-refractivity contribution in [3.63, 3.8) is 0 Å². The summed E-state index contributed by atoms with van der Waals surface area (Å²) in [7, 11) is 0. The van der Waals surface area contributed by atoms with Gasteiger partial charge in [-0.05, 0) is 61.6 Å². The van der Waals surface area contributed by atoms with E-state index in [1.807, 2.05) is 44.2 Å². The molecule has 0 unspecified atom stereocenters. The monoisotopic (exact) mass is 465 g/mol. The number of halogens is 1. The van der Waals surface area contributed by atoms with Gasteiger partial charge in [-0.2, -0.15) is 0 Å². The van der Waals surface area contributed by atoms with Gasteiger partial charge >= 0.3 is 0 Å². The summed E-state index contributed by atoms with van der Waals surface area (Å²) in [4.78, 5) is 39.4. The Labute approximate surface area is 199 Å². The van der Waals surface area contributed by atoms with Gasteiger partial charge in [-0.25, -0.2) is 0 Å². The first-order chi connectivity index (χ1) is 15.9. The molecule has 0 radical (unpaired) electrons. The second kappa shape index (κ2) is 9.79. The highest BCUT2D eigenvalue weighted by Gasteiger charge is 2.41. The number of rotatable bonds is 6. The van der Waals surface area contributed by atoms with Gasteiger partial charge in [0, 0.05) is 23.8 Å². The Hall–Kier alpha value is -3.12. The van der Waals surface area contributed by atoms with Crippen molar-refractivity contribution in [2.24, 2.45) is 0 Å². The Morgan fingerprint density at radius 3 is 2.39 bits per heavy atom. The molecule has 6 nitrogen and oxygen atoms in total. The van der Waals surface area contributed by atoms with Crippen molar-refractivity contribution in [2.45, 2.75) is 58.5 Å². The quantitative estimate of drug-likeness (QED) is 0.601. The number of carbonyl (C=O) groups excluding carboxylic acids is 3. The van der Waals surface area contributed by atoms with Gasteiger partial charge in [-0.1, -0.05) is 55.1 Å². The smallest absolute Gasteiger partial charge is 0.278 e. The molecule has 1 aliphatic carbocycles. The molecule has 1 fully saturated rings. The molecule has 0 atom stereocenters. The predicted octanol–water partition coefficient (Wildman–Crippen LogP) is 4.80. The van der Waals surface area contributed by atoms with E-state index in [1.165, 1.54) is 4.90 Å². The fourth-order valence-electron chi connectivity index (χ4n) is 4.39. The van der Waals surface area contributed by atoms with Crippen LogP contribution in [0.3, 0.4) is 0 Å². The second-order valence-corrected chi connectivity index (χ2v) is 9.09. The zero-order chi connectivity index (χ0) is 23.5. The van der Waals surface area contributed by atoms with Gasteiger partial charge in [0.2, 0.25) is 0 Å². The van der Waals surface area contributed by atoms with Crippen LogP contribution in [0.1, 0.15) is 59.2 Å². The van der Waals surface area contributed by atoms with E-state index >= 15 is 0 Å². The lowest BCUT2D eigenvalue weighted by atomic mass is 9.94. The van der Waals surface area contributed by atoms with Crippen molar-refractivity contribution in [2.75, 3.05) is 5.32 Å². The zero-order valence-corrected chi connectivity index (χ0v) is 19.7. The van der Waals surface area contributed by atoms with Gasteiger partial charge in [0.15, 0.2) is 0 Å². The summed E-state index contributed by atoms with van der Waals surface area (Å²) in [6, 6.07) is 12.8. The van der Waals surface area contributed by atoms with Crippen LogP contribution in [0, 0.1) is 13.8 Å². The minimum atomic E-state index is -0.408. The zero-order valence-electron chi connectivity index (χ0n) is 18.9. The molecule has 172 valence electrons. The highest BCUT2D eigenvalue weighted by Crippen LogP contribution is 2.30. The van der Waals surface area contributed by atoms with Crippen LogP contribution in [0.2, 0.25) is 0 Å². The third-order valence-electron chi connectivity index (χ3n) is 6.54. The van der Waals surface area contributed by atoms with Gasteiger partial charge in [-0.3, -0.25) is 19.3 Å². The molecule has 2 aromatic rings. The summed E-state index contributed by atoms with van der Waals surface area (Å²) in [6.07, 6.45) is 4.84. The van der Waals surface area contributed by atoms with Crippen molar-refractivity contribution >= 4 is 35.0 Å². The summed E-state index contributed by atoms with van der Waals surface area (Å²) in [5.41, 5.74) is 4.50. The molecule has 2 aliphatic rings. The summed E-state index contributed by atoms with van der Waals surface area (Å²) < 4.78 is 0. The van der Waals surface area contributed by atoms with Crippen molar-refractivity contribution in [1.29, 1.82) is 0 Å². The number of anilines is 1. The second-order valence-electron chi connectivity index (χ2n) is 8.71. The third kappa shape index (κ3) is 4.81. The molecule has 0 saturated heterocycles. The maximum absolute atomic E-state index is 12.9. The largest absolute Gasteiger partial charge is 0.375 e. The first kappa shape index (κ1) is 23.1. The van der Waals surface area contributed by atoms with Crippen LogP contribution in [0.5, 0.6) is 0 Å². The molecule has 4 rings (SSSR count). The van der Waals surface area contributed by atoms with Gasteiger partial charge in [0.1, 0.15) is 10.7 Å². The number of benzene rings is 2. The first-order valence-electron chi connectivity index (χ1n) is 11.3. The Bertz CT molecular complexity index is 1120. The summed E-state index contributed by atoms with van der Waals surface area (Å²) in [5, 5.41) is 5.94. The predicted molar refractivity (Wildman–Crippen MR) is 129 cm³/mol. The molecule has 2 aromatic carbocycles. The van der Waals surface area contributed by atoms with Crippen LogP contribution in [-0.2, 0) is 16.1 Å². The van der Waals surface area contributed by atoms with Crippen LogP contribution in [-0.4, -0.2) is 28.7 Å². The van der Waals surface area contributed by atoms with Crippen LogP contribution >= 0.6 is 11.6 Å². The van der Waals surface area contributed by atoms with E-state index < -0.39 is 5.91 Å². The molecule has 1 saturated carbocycles. The molecular weight excluding hydrogens is 438 g/mol. The SMILES string of the molecule is Cc1cccc(NC(=O)c2ccc(CNC3=C(Cl)C(=O)N(C4CCCCC4)C3=O)cc2)c1C. The Morgan fingerprint density at radius 2 is 1.70 bits per heavy atom. The maximum Gasteiger partial charge on any atom is 0.278 e. The maximum atomic E-state index is 12.9. The number of aryl methyl sites for hydroxylation is 1. The molecule has 1 heterocycles. The van der Waals surface area contributed by atoms with E-state index in [9.17, 15) is 14.4 Å². The van der Waals surface area contributed by atoms with Crippen LogP contribution in [0.25, 0.3) is 0 Å². The fraction of sp³-hybridized carbons (Fsp3) is 0.346. The Morgan fingerprint density at radius 1 is 1.00 bits per heavy atom. The first-order valence-corrected chi connectivity index (χ1v) is 11.7. The molecule has 7 heteroatoms. The topological polar surface area (TPSA) is 78.5 Å². The number of imide groups is 1. The summed E-state index contributed by atoms with van der Waals surface area (Å²) >= 11 is 6.22. The minimum absolute atomic E-state index is 0.0462. The molecule has 2 N–H and O–H groups in total. The highest BCUT2D eigenvalue weighted by molar-refractivity contribution is 6.47. The number of nitrogens with zero attached hydrogens (tertiary/aromatic N) is 1. The van der Waals surface area contributed by atoms with Crippen molar-refractivity contribution in [1.82, 2.24) is 10.2 Å². The fourth-order valence-corrected chi connectivity index (χ4v) is 4.63. The number of carbonyl (C=O) groups is 3. The summed E-state index contributed by atoms with van der Waals surface area (Å²) in [5.74, 6) is -0.940. The van der Waals surface area contributed by atoms with Crippen molar-refractivity contribution < 1.29 is 14.4 Å². The van der Waals surface area contributed by atoms with E-state index in [0.717, 1.165) is 54.5 Å². The van der Waals surface area contributed by atoms with Gasteiger partial charge < -0.3 is 10.6 Å². The van der Waals surface area contributed by atoms with E-state index in [2.05, 4.69) is 10.6 Å². The van der Waals surface area contributed by atoms with Gasteiger partial charge in [-0.15, -0.1) is 0 Å². The molecule has 3 amide bonds. The normalized spacial score (nSPS) is 17.0. The average Bonchev–Trinajstić information content (AvgIpc) is 3.04. The molecule has 0 spiro atoms. The molecule has 0 bridgehead atoms. The average molecular weight is 466 g/mol. The van der Waals surface area contributed by atoms with E-state index in [4.69, 9.17) is 11.6 Å². The highest BCUT2D eigenvalue weighted by atomic mass is 35.5. The Balaban J connectivity index is 1.38. The standard InChI is InChI=1S/C26H28ClN3O3/c1-16-7-6-10-21(17(16)2)29-24(31)19-13-11-18(12-14-19)15-28-23-22(27)25(32)30(26(23)33)20-8-4-3-5-9-20/h6-7,10-14,20,28H,3-5,8-9,15H2,1-2H3,(H,29,31). The van der Waals surface area contributed by atoms with Crippen LogP contribution in [0.4, 0.5) is 5.69 Å². The number of nitrogens with one attached hydrogen (secondary N) is 2. The summed E-state index contributed by atoms with van der Waals surface area (Å²) in [6.45, 7) is 4.30. The lowest BCUT2D eigenvalue weighted by Gasteiger charge is -2.29. The lowest BCUT2D eigenvalue weighted by Crippen LogP contribution is -2.43. The number of hydrogen-bond donors (Lipinski definition) is 2. The van der Waals surface area contributed by atoms with E-state index in [0.29, 0.717) is 12.1 Å². The Kier molecular flexibility index (Phi) is 6.84. The van der Waals surface area contributed by atoms with Crippen molar-refractivity contribution in [3.05, 3.63) is 75.4 Å². The van der Waals surface area contributed by atoms with Crippen LogP contribution in [0.15, 0.2) is 53.2 Å². The van der Waals surface area contributed by atoms with E-state index in [-0.39, 0.29) is 28.6 Å². The molecular formula is C26H28ClN3O3. The third-order valence-corrected chi connectivity index (χ3v) is 6.89. The molecule has 1 aliphatic heterocycles.